The molecule has 0 unspecified atom stereocenters. The van der Waals surface area contributed by atoms with E-state index in [-0.39, 0.29) is 0 Å². The minimum atomic E-state index is 0.672. The molecule has 1 aromatic heterocycles. The van der Waals surface area contributed by atoms with Crippen molar-refractivity contribution in [3.8, 4) is 22.9 Å². The zero-order valence-electron chi connectivity index (χ0n) is 11.0. The molecule has 1 aromatic carbocycles. The molecule has 0 saturated heterocycles. The Bertz CT molecular complexity index is 634. The Morgan fingerprint density at radius 3 is 2.80 bits per heavy atom. The molecular formula is C14H14IN3O2. The second kappa shape index (κ2) is 5.82. The molecule has 0 atom stereocenters. The highest BCUT2D eigenvalue weighted by atomic mass is 127. The number of fused-ring (bicyclic) bond motifs is 1. The zero-order valence-corrected chi connectivity index (χ0v) is 13.2. The summed E-state index contributed by atoms with van der Waals surface area (Å²) >= 11 is 2.20. The molecule has 0 spiro atoms. The van der Waals surface area contributed by atoms with Crippen LogP contribution in [0.1, 0.15) is 6.42 Å². The predicted octanol–water partition coefficient (Wildman–Crippen LogP) is 2.95. The van der Waals surface area contributed by atoms with Crippen molar-refractivity contribution in [2.24, 2.45) is 0 Å². The Morgan fingerprint density at radius 2 is 2.00 bits per heavy atom. The fraction of sp³-hybridized carbons (Fsp3) is 0.286. The van der Waals surface area contributed by atoms with Gasteiger partial charge in [0.2, 0.25) is 0 Å². The van der Waals surface area contributed by atoms with E-state index in [1.807, 2.05) is 25.2 Å². The summed E-state index contributed by atoms with van der Waals surface area (Å²) in [6.07, 6.45) is 2.70. The Hall–Kier alpha value is -1.57. The predicted molar refractivity (Wildman–Crippen MR) is 85.3 cm³/mol. The van der Waals surface area contributed by atoms with Crippen LogP contribution in [-0.2, 0) is 0 Å². The van der Waals surface area contributed by atoms with Gasteiger partial charge in [-0.25, -0.2) is 9.97 Å². The first kappa shape index (κ1) is 13.4. The number of ether oxygens (including phenoxy) is 2. The van der Waals surface area contributed by atoms with Gasteiger partial charge in [-0.05, 0) is 40.8 Å². The van der Waals surface area contributed by atoms with Crippen molar-refractivity contribution in [2.45, 2.75) is 6.42 Å². The van der Waals surface area contributed by atoms with Crippen LogP contribution in [0.5, 0.6) is 11.5 Å². The molecule has 20 heavy (non-hydrogen) atoms. The van der Waals surface area contributed by atoms with Gasteiger partial charge >= 0.3 is 0 Å². The minimum absolute atomic E-state index is 0.672. The summed E-state index contributed by atoms with van der Waals surface area (Å²) in [5.41, 5.74) is 0.919. The lowest BCUT2D eigenvalue weighted by atomic mass is 10.2. The molecule has 6 heteroatoms. The highest BCUT2D eigenvalue weighted by Gasteiger charge is 2.13. The summed E-state index contributed by atoms with van der Waals surface area (Å²) in [6, 6.07) is 5.80. The molecule has 0 bridgehead atoms. The van der Waals surface area contributed by atoms with Crippen molar-refractivity contribution >= 4 is 28.4 Å². The number of nitrogens with zero attached hydrogens (tertiary/aromatic N) is 2. The zero-order chi connectivity index (χ0) is 13.9. The molecule has 1 aliphatic heterocycles. The first-order chi connectivity index (χ1) is 9.78. The van der Waals surface area contributed by atoms with E-state index in [9.17, 15) is 0 Å². The van der Waals surface area contributed by atoms with Crippen LogP contribution >= 0.6 is 22.6 Å². The normalized spacial score (nSPS) is 13.7. The maximum Gasteiger partial charge on any atom is 0.161 e. The molecule has 2 aromatic rings. The van der Waals surface area contributed by atoms with E-state index in [0.29, 0.717) is 19.0 Å². The lowest BCUT2D eigenvalue weighted by Crippen LogP contribution is -1.99. The molecular weight excluding hydrogens is 369 g/mol. The summed E-state index contributed by atoms with van der Waals surface area (Å²) in [6.45, 7) is 1.36. The Morgan fingerprint density at radius 1 is 1.20 bits per heavy atom. The van der Waals surface area contributed by atoms with E-state index in [0.717, 1.165) is 32.9 Å². The van der Waals surface area contributed by atoms with Crippen molar-refractivity contribution in [1.82, 2.24) is 9.97 Å². The highest BCUT2D eigenvalue weighted by molar-refractivity contribution is 14.1. The molecule has 0 radical (unpaired) electrons. The van der Waals surface area contributed by atoms with Crippen molar-refractivity contribution in [2.75, 3.05) is 25.6 Å². The van der Waals surface area contributed by atoms with Gasteiger partial charge in [0.1, 0.15) is 5.82 Å². The summed E-state index contributed by atoms with van der Waals surface area (Å²) < 4.78 is 12.3. The van der Waals surface area contributed by atoms with Gasteiger partial charge in [-0.2, -0.15) is 0 Å². The van der Waals surface area contributed by atoms with Gasteiger partial charge in [0, 0.05) is 25.2 Å². The second-order valence-corrected chi connectivity index (χ2v) is 5.51. The molecule has 0 aliphatic carbocycles. The topological polar surface area (TPSA) is 56.3 Å². The third kappa shape index (κ3) is 2.65. The smallest absolute Gasteiger partial charge is 0.161 e. The molecule has 5 nitrogen and oxygen atoms in total. The lowest BCUT2D eigenvalue weighted by Gasteiger charge is -2.10. The van der Waals surface area contributed by atoms with E-state index < -0.39 is 0 Å². The number of halogens is 1. The van der Waals surface area contributed by atoms with E-state index in [4.69, 9.17) is 9.47 Å². The number of anilines is 1. The lowest BCUT2D eigenvalue weighted by molar-refractivity contribution is 0.297. The maximum atomic E-state index is 5.69. The molecule has 1 aliphatic rings. The second-order valence-electron chi connectivity index (χ2n) is 4.35. The summed E-state index contributed by atoms with van der Waals surface area (Å²) in [4.78, 5) is 8.88. The van der Waals surface area contributed by atoms with Gasteiger partial charge < -0.3 is 14.8 Å². The molecule has 104 valence electrons. The Kier molecular flexibility index (Phi) is 3.90. The van der Waals surface area contributed by atoms with Gasteiger partial charge in [0.15, 0.2) is 17.3 Å². The average molecular weight is 383 g/mol. The van der Waals surface area contributed by atoms with Crippen LogP contribution in [0.4, 0.5) is 5.82 Å². The van der Waals surface area contributed by atoms with Crippen LogP contribution in [0.2, 0.25) is 0 Å². The van der Waals surface area contributed by atoms with Crippen LogP contribution in [0.15, 0.2) is 24.4 Å². The molecule has 2 heterocycles. The van der Waals surface area contributed by atoms with Crippen molar-refractivity contribution in [3.63, 3.8) is 0 Å². The number of nitrogens with one attached hydrogen (secondary N) is 1. The molecule has 0 saturated carbocycles. The standard InChI is InChI=1S/C14H14IN3O2/c1-16-14-10(15)8-17-13(18-14)9-3-4-11-12(7-9)20-6-2-5-19-11/h3-4,7-8H,2,5-6H2,1H3,(H,16,17,18). The Labute approximate surface area is 130 Å². The third-order valence-corrected chi connectivity index (χ3v) is 3.78. The largest absolute Gasteiger partial charge is 0.490 e. The van der Waals surface area contributed by atoms with E-state index in [2.05, 4.69) is 37.9 Å². The van der Waals surface area contributed by atoms with Crippen LogP contribution in [0.3, 0.4) is 0 Å². The molecule has 0 fully saturated rings. The van der Waals surface area contributed by atoms with Crippen LogP contribution < -0.4 is 14.8 Å². The number of aromatic nitrogens is 2. The van der Waals surface area contributed by atoms with Crippen molar-refractivity contribution in [3.05, 3.63) is 28.0 Å². The van der Waals surface area contributed by atoms with Crippen molar-refractivity contribution in [1.29, 1.82) is 0 Å². The van der Waals surface area contributed by atoms with Crippen LogP contribution in [0, 0.1) is 3.57 Å². The molecule has 0 amide bonds. The first-order valence-corrected chi connectivity index (χ1v) is 7.46. The number of hydrogen-bond acceptors (Lipinski definition) is 5. The summed E-state index contributed by atoms with van der Waals surface area (Å²) in [5.74, 6) is 3.03. The van der Waals surface area contributed by atoms with E-state index in [1.165, 1.54) is 0 Å². The van der Waals surface area contributed by atoms with Gasteiger partial charge in [0.05, 0.1) is 16.8 Å². The minimum Gasteiger partial charge on any atom is -0.490 e. The molecule has 1 N–H and O–H groups in total. The average Bonchev–Trinajstić information content (AvgIpc) is 2.72. The fourth-order valence-electron chi connectivity index (χ4n) is 1.98. The maximum absolute atomic E-state index is 5.69. The number of hydrogen-bond donors (Lipinski definition) is 1. The van der Waals surface area contributed by atoms with Crippen LogP contribution in [-0.4, -0.2) is 30.2 Å². The van der Waals surface area contributed by atoms with Gasteiger partial charge in [0.25, 0.3) is 0 Å². The molecule has 3 rings (SSSR count). The third-order valence-electron chi connectivity index (χ3n) is 2.99. The number of rotatable bonds is 2. The van der Waals surface area contributed by atoms with Gasteiger partial charge in [-0.1, -0.05) is 0 Å². The monoisotopic (exact) mass is 383 g/mol. The van der Waals surface area contributed by atoms with E-state index in [1.54, 1.807) is 6.20 Å². The fourth-order valence-corrected chi connectivity index (χ4v) is 2.51. The summed E-state index contributed by atoms with van der Waals surface area (Å²) in [5, 5.41) is 3.06. The van der Waals surface area contributed by atoms with Crippen molar-refractivity contribution < 1.29 is 9.47 Å². The van der Waals surface area contributed by atoms with Gasteiger partial charge in [-0.3, -0.25) is 0 Å². The first-order valence-electron chi connectivity index (χ1n) is 6.38. The number of benzene rings is 1. The van der Waals surface area contributed by atoms with Gasteiger partial charge in [-0.15, -0.1) is 0 Å². The Balaban J connectivity index is 2.00. The van der Waals surface area contributed by atoms with E-state index >= 15 is 0 Å². The SMILES string of the molecule is CNc1nc(-c2ccc3c(c2)OCCCO3)ncc1I. The quantitative estimate of drug-likeness (QED) is 0.809. The highest BCUT2D eigenvalue weighted by Crippen LogP contribution is 2.33. The summed E-state index contributed by atoms with van der Waals surface area (Å²) in [7, 11) is 1.85. The van der Waals surface area contributed by atoms with Crippen LogP contribution in [0.25, 0.3) is 11.4 Å².